The van der Waals surface area contributed by atoms with Gasteiger partial charge in [0.1, 0.15) is 5.75 Å². The Morgan fingerprint density at radius 3 is 2.75 bits per heavy atom. The zero-order chi connectivity index (χ0) is 22.3. The van der Waals surface area contributed by atoms with E-state index in [-0.39, 0.29) is 5.91 Å². The Bertz CT molecular complexity index is 1040. The van der Waals surface area contributed by atoms with E-state index in [9.17, 15) is 4.79 Å². The fraction of sp³-hybridized carbons (Fsp3) is 0.375. The molecule has 1 aliphatic heterocycles. The van der Waals surface area contributed by atoms with E-state index < -0.39 is 0 Å². The Labute approximate surface area is 192 Å². The van der Waals surface area contributed by atoms with Gasteiger partial charge in [0.25, 0.3) is 0 Å². The van der Waals surface area contributed by atoms with E-state index in [4.69, 9.17) is 20.9 Å². The molecule has 0 N–H and O–H groups in total. The summed E-state index contributed by atoms with van der Waals surface area (Å²) in [5.74, 6) is 2.13. The summed E-state index contributed by atoms with van der Waals surface area (Å²) in [6, 6.07) is 15.3. The molecule has 2 heterocycles. The van der Waals surface area contributed by atoms with Crippen molar-refractivity contribution >= 4 is 17.5 Å². The van der Waals surface area contributed by atoms with Crippen molar-refractivity contribution in [3.8, 4) is 17.1 Å². The molecule has 1 saturated heterocycles. The van der Waals surface area contributed by atoms with E-state index in [0.717, 1.165) is 49.4 Å². The molecule has 1 fully saturated rings. The number of aromatic nitrogens is 2. The molecule has 8 heteroatoms. The molecular formula is C24H27ClN4O3. The number of benzene rings is 2. The average molecular weight is 455 g/mol. The maximum Gasteiger partial charge on any atom is 0.241 e. The standard InChI is InChI=1S/C24H27ClN4O3/c1-31-21-9-6-18(7-10-21)8-11-23(30)29-13-3-12-28(14-15-29)17-22-26-24(27-32-22)19-4-2-5-20(25)16-19/h2,4-7,9-10,16H,3,8,11-15,17H2,1H3. The summed E-state index contributed by atoms with van der Waals surface area (Å²) in [6.07, 6.45) is 2.17. The Kier molecular flexibility index (Phi) is 7.39. The molecule has 0 unspecified atom stereocenters. The van der Waals surface area contributed by atoms with Crippen LogP contribution >= 0.6 is 11.6 Å². The molecule has 1 aromatic heterocycles. The molecule has 32 heavy (non-hydrogen) atoms. The van der Waals surface area contributed by atoms with Crippen molar-refractivity contribution in [2.75, 3.05) is 33.3 Å². The predicted molar refractivity (Wildman–Crippen MR) is 123 cm³/mol. The van der Waals surface area contributed by atoms with E-state index >= 15 is 0 Å². The molecule has 168 valence electrons. The molecule has 3 aromatic rings. The fourth-order valence-corrected chi connectivity index (χ4v) is 4.03. The van der Waals surface area contributed by atoms with Crippen molar-refractivity contribution in [1.82, 2.24) is 19.9 Å². The van der Waals surface area contributed by atoms with Gasteiger partial charge in [0.2, 0.25) is 17.6 Å². The maximum absolute atomic E-state index is 12.7. The average Bonchev–Trinajstić information content (AvgIpc) is 3.15. The highest BCUT2D eigenvalue weighted by Gasteiger charge is 2.21. The number of carbonyl (C=O) groups is 1. The molecule has 1 aliphatic rings. The van der Waals surface area contributed by atoms with Crippen molar-refractivity contribution in [2.45, 2.75) is 25.8 Å². The van der Waals surface area contributed by atoms with Crippen LogP contribution in [0.1, 0.15) is 24.3 Å². The highest BCUT2D eigenvalue weighted by Crippen LogP contribution is 2.20. The molecule has 0 bridgehead atoms. The normalized spacial score (nSPS) is 14.9. The van der Waals surface area contributed by atoms with E-state index in [1.807, 2.05) is 53.4 Å². The summed E-state index contributed by atoms with van der Waals surface area (Å²) in [5.41, 5.74) is 1.97. The quantitative estimate of drug-likeness (QED) is 0.536. The van der Waals surface area contributed by atoms with Crippen LogP contribution in [0.25, 0.3) is 11.4 Å². The number of rotatable bonds is 7. The van der Waals surface area contributed by atoms with Gasteiger partial charge >= 0.3 is 0 Å². The summed E-state index contributed by atoms with van der Waals surface area (Å²) in [5, 5.41) is 4.72. The molecule has 0 spiro atoms. The Hall–Kier alpha value is -2.90. The summed E-state index contributed by atoms with van der Waals surface area (Å²) in [7, 11) is 1.65. The number of ether oxygens (including phenoxy) is 1. The molecule has 1 amide bonds. The third-order valence-electron chi connectivity index (χ3n) is 5.64. The lowest BCUT2D eigenvalue weighted by Gasteiger charge is -2.21. The van der Waals surface area contributed by atoms with E-state index in [0.29, 0.717) is 36.2 Å². The number of aryl methyl sites for hydroxylation is 1. The van der Waals surface area contributed by atoms with Gasteiger partial charge in [-0.25, -0.2) is 0 Å². The SMILES string of the molecule is COc1ccc(CCC(=O)N2CCCN(Cc3nc(-c4cccc(Cl)c4)no3)CC2)cc1. The van der Waals surface area contributed by atoms with Crippen LogP contribution in [0.2, 0.25) is 5.02 Å². The first-order valence-corrected chi connectivity index (χ1v) is 11.2. The topological polar surface area (TPSA) is 71.7 Å². The van der Waals surface area contributed by atoms with E-state index in [1.165, 1.54) is 0 Å². The van der Waals surface area contributed by atoms with Crippen LogP contribution < -0.4 is 4.74 Å². The van der Waals surface area contributed by atoms with Crippen LogP contribution in [0.5, 0.6) is 5.75 Å². The lowest BCUT2D eigenvalue weighted by molar-refractivity contribution is -0.131. The lowest BCUT2D eigenvalue weighted by atomic mass is 10.1. The first kappa shape index (κ1) is 22.3. The zero-order valence-corrected chi connectivity index (χ0v) is 18.9. The second kappa shape index (κ2) is 10.6. The van der Waals surface area contributed by atoms with Crippen molar-refractivity contribution in [2.24, 2.45) is 0 Å². The molecule has 2 aromatic carbocycles. The van der Waals surface area contributed by atoms with Gasteiger partial charge in [-0.2, -0.15) is 4.98 Å². The summed E-state index contributed by atoms with van der Waals surface area (Å²) >= 11 is 6.05. The third kappa shape index (κ3) is 5.87. The minimum atomic E-state index is 0.198. The van der Waals surface area contributed by atoms with Gasteiger partial charge in [-0.3, -0.25) is 9.69 Å². The van der Waals surface area contributed by atoms with Crippen LogP contribution in [0.15, 0.2) is 53.1 Å². The molecule has 0 aliphatic carbocycles. The Balaban J connectivity index is 1.27. The third-order valence-corrected chi connectivity index (χ3v) is 5.87. The molecule has 0 atom stereocenters. The van der Waals surface area contributed by atoms with Crippen molar-refractivity contribution in [3.63, 3.8) is 0 Å². The van der Waals surface area contributed by atoms with Gasteiger partial charge in [-0.05, 0) is 42.7 Å². The van der Waals surface area contributed by atoms with Crippen LogP contribution in [-0.4, -0.2) is 59.1 Å². The lowest BCUT2D eigenvalue weighted by Crippen LogP contribution is -2.35. The monoisotopic (exact) mass is 454 g/mol. The highest BCUT2D eigenvalue weighted by molar-refractivity contribution is 6.30. The number of hydrogen-bond donors (Lipinski definition) is 0. The zero-order valence-electron chi connectivity index (χ0n) is 18.2. The number of methoxy groups -OCH3 is 1. The van der Waals surface area contributed by atoms with Crippen molar-refractivity contribution in [3.05, 3.63) is 65.0 Å². The smallest absolute Gasteiger partial charge is 0.241 e. The summed E-state index contributed by atoms with van der Waals surface area (Å²) < 4.78 is 10.6. The first-order chi connectivity index (χ1) is 15.6. The molecule has 7 nitrogen and oxygen atoms in total. The van der Waals surface area contributed by atoms with Crippen LogP contribution in [0, 0.1) is 0 Å². The number of carbonyl (C=O) groups excluding carboxylic acids is 1. The maximum atomic E-state index is 12.7. The van der Waals surface area contributed by atoms with Crippen LogP contribution in [-0.2, 0) is 17.8 Å². The summed E-state index contributed by atoms with van der Waals surface area (Å²) in [6.45, 7) is 3.72. The van der Waals surface area contributed by atoms with E-state index in [2.05, 4.69) is 15.0 Å². The second-order valence-corrected chi connectivity index (χ2v) is 8.32. The minimum absolute atomic E-state index is 0.198. The van der Waals surface area contributed by atoms with Gasteiger partial charge in [0, 0.05) is 43.2 Å². The minimum Gasteiger partial charge on any atom is -0.497 e. The van der Waals surface area contributed by atoms with Gasteiger partial charge < -0.3 is 14.2 Å². The number of nitrogens with zero attached hydrogens (tertiary/aromatic N) is 4. The fourth-order valence-electron chi connectivity index (χ4n) is 3.84. The molecule has 0 radical (unpaired) electrons. The van der Waals surface area contributed by atoms with Crippen LogP contribution in [0.3, 0.4) is 0 Å². The van der Waals surface area contributed by atoms with Gasteiger partial charge in [-0.15, -0.1) is 0 Å². The molecule has 4 rings (SSSR count). The van der Waals surface area contributed by atoms with E-state index in [1.54, 1.807) is 7.11 Å². The molecular weight excluding hydrogens is 428 g/mol. The van der Waals surface area contributed by atoms with Crippen molar-refractivity contribution < 1.29 is 14.1 Å². The Morgan fingerprint density at radius 1 is 1.12 bits per heavy atom. The number of halogens is 1. The first-order valence-electron chi connectivity index (χ1n) is 10.8. The largest absolute Gasteiger partial charge is 0.497 e. The van der Waals surface area contributed by atoms with Crippen molar-refractivity contribution in [1.29, 1.82) is 0 Å². The van der Waals surface area contributed by atoms with Gasteiger partial charge in [-0.1, -0.05) is 41.0 Å². The number of amides is 1. The molecule has 0 saturated carbocycles. The highest BCUT2D eigenvalue weighted by atomic mass is 35.5. The second-order valence-electron chi connectivity index (χ2n) is 7.88. The summed E-state index contributed by atoms with van der Waals surface area (Å²) in [4.78, 5) is 21.5. The predicted octanol–water partition coefficient (Wildman–Crippen LogP) is 4.07. The van der Waals surface area contributed by atoms with Gasteiger partial charge in [0.05, 0.1) is 13.7 Å². The Morgan fingerprint density at radius 2 is 1.97 bits per heavy atom. The van der Waals surface area contributed by atoms with Crippen LogP contribution in [0.4, 0.5) is 0 Å². The number of hydrogen-bond acceptors (Lipinski definition) is 6. The van der Waals surface area contributed by atoms with Gasteiger partial charge in [0.15, 0.2) is 0 Å².